The van der Waals surface area contributed by atoms with Gasteiger partial charge in [0, 0.05) is 11.1 Å². The van der Waals surface area contributed by atoms with E-state index in [0.29, 0.717) is 24.5 Å². The smallest absolute Gasteiger partial charge is 0.152 e. The molecule has 0 radical (unpaired) electrons. The molecule has 1 spiro atoms. The summed E-state index contributed by atoms with van der Waals surface area (Å²) in [5, 5.41) is 27.1. The number of aliphatic hydroxyl groups is 1. The molecule has 6 nitrogen and oxygen atoms in total. The van der Waals surface area contributed by atoms with E-state index in [0.717, 1.165) is 42.4 Å². The first-order valence-corrected chi connectivity index (χ1v) is 10.4. The quantitative estimate of drug-likeness (QED) is 0.704. The SMILES string of the molecule is CCc1cc(O)c(-c2nnc(N)c3c2COC32CC2)c(F)c1.OC1CCCCC1. The number of aromatic hydroxyl groups is 1. The lowest BCUT2D eigenvalue weighted by Crippen LogP contribution is -2.10. The predicted octanol–water partition coefficient (Wildman–Crippen LogP) is 3.96. The van der Waals surface area contributed by atoms with Gasteiger partial charge >= 0.3 is 0 Å². The molecule has 0 amide bonds. The average molecular weight is 401 g/mol. The van der Waals surface area contributed by atoms with Crippen molar-refractivity contribution in [3.63, 3.8) is 0 Å². The number of nitrogens with zero attached hydrogens (tertiary/aromatic N) is 2. The second kappa shape index (κ2) is 7.88. The van der Waals surface area contributed by atoms with Crippen molar-refractivity contribution in [2.45, 2.75) is 76.6 Å². The molecule has 1 aromatic heterocycles. The van der Waals surface area contributed by atoms with Crippen LogP contribution in [0.5, 0.6) is 5.75 Å². The molecule has 29 heavy (non-hydrogen) atoms. The molecule has 0 atom stereocenters. The Bertz CT molecular complexity index is 885. The molecule has 3 aliphatic rings. The first kappa shape index (κ1) is 20.0. The number of hydrogen-bond acceptors (Lipinski definition) is 6. The van der Waals surface area contributed by atoms with Crippen molar-refractivity contribution in [1.82, 2.24) is 10.2 Å². The summed E-state index contributed by atoms with van der Waals surface area (Å²) in [6, 6.07) is 2.98. The zero-order valence-corrected chi connectivity index (χ0v) is 16.7. The predicted molar refractivity (Wildman–Crippen MR) is 108 cm³/mol. The monoisotopic (exact) mass is 401 g/mol. The number of halogens is 1. The zero-order valence-electron chi connectivity index (χ0n) is 16.7. The number of aryl methyl sites for hydroxylation is 1. The number of phenolic OH excluding ortho intramolecular Hbond substituents is 1. The molecule has 2 heterocycles. The zero-order chi connectivity index (χ0) is 20.6. The lowest BCUT2D eigenvalue weighted by Gasteiger charge is -2.14. The minimum Gasteiger partial charge on any atom is -0.507 e. The van der Waals surface area contributed by atoms with E-state index in [2.05, 4.69) is 10.2 Å². The normalized spacial score (nSPS) is 19.6. The Hall–Kier alpha value is -2.25. The highest BCUT2D eigenvalue weighted by Gasteiger charge is 2.53. The van der Waals surface area contributed by atoms with Crippen LogP contribution in [0.1, 0.15) is 68.6 Å². The van der Waals surface area contributed by atoms with E-state index in [9.17, 15) is 9.50 Å². The molecule has 0 bridgehead atoms. The molecular weight excluding hydrogens is 373 g/mol. The number of rotatable bonds is 2. The number of aliphatic hydroxyl groups excluding tert-OH is 1. The fraction of sp³-hybridized carbons (Fsp3) is 0.545. The number of phenols is 1. The number of nitrogens with two attached hydrogens (primary N) is 1. The number of nitrogen functional groups attached to an aromatic ring is 1. The van der Waals surface area contributed by atoms with E-state index in [1.165, 1.54) is 25.3 Å². The van der Waals surface area contributed by atoms with Crippen LogP contribution in [-0.4, -0.2) is 26.5 Å². The van der Waals surface area contributed by atoms with Gasteiger partial charge in [-0.3, -0.25) is 0 Å². The van der Waals surface area contributed by atoms with Gasteiger partial charge in [-0.05, 0) is 49.8 Å². The summed E-state index contributed by atoms with van der Waals surface area (Å²) < 4.78 is 20.3. The Kier molecular flexibility index (Phi) is 5.44. The number of benzene rings is 1. The van der Waals surface area contributed by atoms with Gasteiger partial charge in [0.2, 0.25) is 0 Å². The molecule has 4 N–H and O–H groups in total. The van der Waals surface area contributed by atoms with Crippen LogP contribution in [0.15, 0.2) is 12.1 Å². The highest BCUT2D eigenvalue weighted by atomic mass is 19.1. The van der Waals surface area contributed by atoms with Gasteiger partial charge in [-0.2, -0.15) is 0 Å². The van der Waals surface area contributed by atoms with Crippen molar-refractivity contribution in [3.8, 4) is 17.0 Å². The number of aromatic nitrogens is 2. The van der Waals surface area contributed by atoms with Crippen molar-refractivity contribution in [1.29, 1.82) is 0 Å². The van der Waals surface area contributed by atoms with Gasteiger partial charge in [-0.25, -0.2) is 4.39 Å². The average Bonchev–Trinajstić information content (AvgIpc) is 3.37. The van der Waals surface area contributed by atoms with Crippen LogP contribution in [0, 0.1) is 5.82 Å². The number of ether oxygens (including phenoxy) is 1. The van der Waals surface area contributed by atoms with Crippen molar-refractivity contribution < 1.29 is 19.3 Å². The van der Waals surface area contributed by atoms with E-state index >= 15 is 0 Å². The molecule has 5 rings (SSSR count). The van der Waals surface area contributed by atoms with Crippen molar-refractivity contribution in [2.24, 2.45) is 0 Å². The first-order chi connectivity index (χ1) is 13.9. The minimum atomic E-state index is -0.505. The van der Waals surface area contributed by atoms with Gasteiger partial charge in [0.25, 0.3) is 0 Å². The Morgan fingerprint density at radius 1 is 1.21 bits per heavy atom. The third-order valence-electron chi connectivity index (χ3n) is 6.10. The van der Waals surface area contributed by atoms with Crippen LogP contribution in [0.2, 0.25) is 0 Å². The summed E-state index contributed by atoms with van der Waals surface area (Å²) in [7, 11) is 0. The number of anilines is 1. The standard InChI is InChI=1S/C16H16FN3O2.C6H12O/c1-2-8-5-10(17)12(11(21)6-8)14-9-7-22-16(3-4-16)13(9)15(18)20-19-14;7-6-4-2-1-3-5-6/h5-6,21H,2-4,7H2,1H3,(H2,18,20);6-7H,1-5H2. The first-order valence-electron chi connectivity index (χ1n) is 10.4. The molecule has 2 fully saturated rings. The highest BCUT2D eigenvalue weighted by molar-refractivity contribution is 5.74. The van der Waals surface area contributed by atoms with Gasteiger partial charge in [0.15, 0.2) is 5.82 Å². The van der Waals surface area contributed by atoms with Gasteiger partial charge in [0.1, 0.15) is 17.3 Å². The third kappa shape index (κ3) is 3.81. The fourth-order valence-electron chi connectivity index (χ4n) is 4.29. The molecule has 7 heteroatoms. The van der Waals surface area contributed by atoms with Crippen molar-refractivity contribution >= 4 is 5.82 Å². The topological polar surface area (TPSA) is 101 Å². The highest BCUT2D eigenvalue weighted by Crippen LogP contribution is 2.57. The van der Waals surface area contributed by atoms with E-state index in [1.54, 1.807) is 6.07 Å². The van der Waals surface area contributed by atoms with Crippen LogP contribution in [0.25, 0.3) is 11.3 Å². The second-order valence-corrected chi connectivity index (χ2v) is 8.19. The minimum absolute atomic E-state index is 0.0359. The lowest BCUT2D eigenvalue weighted by atomic mass is 9.97. The van der Waals surface area contributed by atoms with Crippen LogP contribution >= 0.6 is 0 Å². The van der Waals surface area contributed by atoms with Gasteiger partial charge in [-0.1, -0.05) is 26.2 Å². The molecule has 1 aromatic carbocycles. The van der Waals surface area contributed by atoms with Gasteiger partial charge in [-0.15, -0.1) is 10.2 Å². The van der Waals surface area contributed by atoms with E-state index in [1.807, 2.05) is 6.92 Å². The molecular formula is C22H28FN3O3. The lowest BCUT2D eigenvalue weighted by molar-refractivity contribution is 0.0446. The molecule has 156 valence electrons. The molecule has 1 aliphatic heterocycles. The largest absolute Gasteiger partial charge is 0.507 e. The molecule has 2 saturated carbocycles. The van der Waals surface area contributed by atoms with E-state index in [4.69, 9.17) is 15.6 Å². The Morgan fingerprint density at radius 3 is 2.48 bits per heavy atom. The summed E-state index contributed by atoms with van der Waals surface area (Å²) >= 11 is 0. The maximum atomic E-state index is 14.5. The van der Waals surface area contributed by atoms with Gasteiger partial charge < -0.3 is 20.7 Å². The maximum absolute atomic E-state index is 14.5. The van der Waals surface area contributed by atoms with E-state index < -0.39 is 5.82 Å². The van der Waals surface area contributed by atoms with Crippen LogP contribution < -0.4 is 5.73 Å². The van der Waals surface area contributed by atoms with Crippen molar-refractivity contribution in [3.05, 3.63) is 34.6 Å². The summed E-state index contributed by atoms with van der Waals surface area (Å²) in [6.07, 6.45) is 8.34. The Balaban J connectivity index is 0.000000249. The van der Waals surface area contributed by atoms with Crippen LogP contribution in [0.3, 0.4) is 0 Å². The maximum Gasteiger partial charge on any atom is 0.152 e. The molecule has 2 aliphatic carbocycles. The summed E-state index contributed by atoms with van der Waals surface area (Å²) in [5.41, 5.74) is 8.27. The summed E-state index contributed by atoms with van der Waals surface area (Å²) in [4.78, 5) is 0. The summed E-state index contributed by atoms with van der Waals surface area (Å²) in [6.45, 7) is 2.22. The third-order valence-corrected chi connectivity index (χ3v) is 6.10. The number of fused-ring (bicyclic) bond motifs is 2. The Morgan fingerprint density at radius 2 is 1.93 bits per heavy atom. The van der Waals surface area contributed by atoms with Crippen LogP contribution in [0.4, 0.5) is 10.2 Å². The number of hydrogen-bond donors (Lipinski definition) is 3. The molecule has 0 unspecified atom stereocenters. The van der Waals surface area contributed by atoms with Gasteiger partial charge in [0.05, 0.1) is 23.9 Å². The second-order valence-electron chi connectivity index (χ2n) is 8.19. The molecule has 2 aromatic rings. The van der Waals surface area contributed by atoms with Crippen molar-refractivity contribution in [2.75, 3.05) is 5.73 Å². The van der Waals surface area contributed by atoms with Crippen LogP contribution in [-0.2, 0) is 23.4 Å². The van der Waals surface area contributed by atoms with E-state index in [-0.39, 0.29) is 23.0 Å². The summed E-state index contributed by atoms with van der Waals surface area (Å²) in [5.74, 6) is -0.302. The molecule has 0 saturated heterocycles. The fourth-order valence-corrected chi connectivity index (χ4v) is 4.29. The Labute approximate surface area is 169 Å².